The maximum atomic E-state index is 10.5. The van der Waals surface area contributed by atoms with Crippen molar-refractivity contribution in [2.24, 2.45) is 0 Å². The first kappa shape index (κ1) is 15.1. The molecule has 1 aromatic carbocycles. The highest BCUT2D eigenvalue weighted by Crippen LogP contribution is 2.08. The molecular weight excluding hydrogens is 254 g/mol. The van der Waals surface area contributed by atoms with Gasteiger partial charge in [0.2, 0.25) is 0 Å². The Hall–Kier alpha value is -0.950. The first-order valence-corrected chi connectivity index (χ1v) is 7.18. The van der Waals surface area contributed by atoms with Crippen molar-refractivity contribution in [2.45, 2.75) is 30.9 Å². The number of hydrogen-bond donors (Lipinski definition) is 2. The van der Waals surface area contributed by atoms with Crippen molar-refractivity contribution in [1.29, 1.82) is 0 Å². The van der Waals surface area contributed by atoms with Gasteiger partial charge < -0.3 is 4.74 Å². The molecule has 0 amide bonds. The smallest absolute Gasteiger partial charge is 0.294 e. The lowest BCUT2D eigenvalue weighted by Crippen LogP contribution is -2.22. The Labute approximate surface area is 108 Å². The molecule has 1 heterocycles. The molecule has 0 spiro atoms. The number of hydrogen-bond acceptors (Lipinski definition) is 4. The summed E-state index contributed by atoms with van der Waals surface area (Å²) < 4.78 is 34.6. The zero-order valence-electron chi connectivity index (χ0n) is 10.6. The van der Waals surface area contributed by atoms with Crippen molar-refractivity contribution in [1.82, 2.24) is 5.32 Å². The molecular formula is C12H19NO4S. The number of methoxy groups -OCH3 is 1. The summed E-state index contributed by atoms with van der Waals surface area (Å²) in [5, 5.41) is 3.18. The predicted molar refractivity (Wildman–Crippen MR) is 69.0 cm³/mol. The van der Waals surface area contributed by atoms with Gasteiger partial charge in [0, 0.05) is 7.11 Å². The number of benzene rings is 1. The molecule has 0 bridgehead atoms. The third-order valence-electron chi connectivity index (χ3n) is 2.62. The second kappa shape index (κ2) is 6.84. The van der Waals surface area contributed by atoms with Gasteiger partial charge in [-0.25, -0.2) is 0 Å². The Bertz CT molecular complexity index is 449. The van der Waals surface area contributed by atoms with Gasteiger partial charge in [0.05, 0.1) is 4.90 Å². The molecule has 102 valence electrons. The van der Waals surface area contributed by atoms with E-state index in [1.807, 2.05) is 6.92 Å². The molecule has 0 aromatic heterocycles. The average molecular weight is 273 g/mol. The van der Waals surface area contributed by atoms with Crippen molar-refractivity contribution in [2.75, 3.05) is 13.7 Å². The summed E-state index contributed by atoms with van der Waals surface area (Å²) >= 11 is 0. The molecule has 0 aliphatic carbocycles. The second-order valence-electron chi connectivity index (χ2n) is 4.11. The SMILES string of the molecule is COC1CCCN1.Cc1ccc(S(=O)(=O)O)cc1. The van der Waals surface area contributed by atoms with E-state index >= 15 is 0 Å². The molecule has 6 heteroatoms. The molecule has 0 saturated carbocycles. The van der Waals surface area contributed by atoms with Crippen LogP contribution in [-0.4, -0.2) is 32.9 Å². The van der Waals surface area contributed by atoms with Gasteiger partial charge in [-0.2, -0.15) is 8.42 Å². The lowest BCUT2D eigenvalue weighted by molar-refractivity contribution is 0.0912. The van der Waals surface area contributed by atoms with Gasteiger partial charge in [-0.05, 0) is 38.4 Å². The van der Waals surface area contributed by atoms with E-state index in [1.54, 1.807) is 19.2 Å². The topological polar surface area (TPSA) is 75.6 Å². The van der Waals surface area contributed by atoms with Crippen LogP contribution in [0.5, 0.6) is 0 Å². The summed E-state index contributed by atoms with van der Waals surface area (Å²) in [6, 6.07) is 5.99. The molecule has 5 nitrogen and oxygen atoms in total. The summed E-state index contributed by atoms with van der Waals surface area (Å²) in [4.78, 5) is -0.0666. The largest absolute Gasteiger partial charge is 0.367 e. The van der Waals surface area contributed by atoms with E-state index in [2.05, 4.69) is 5.32 Å². The standard InChI is InChI=1S/C7H8O3S.C5H11NO/c1-6-2-4-7(5-3-6)11(8,9)10;1-7-5-3-2-4-6-5/h2-5H,1H3,(H,8,9,10);5-6H,2-4H2,1H3. The van der Waals surface area contributed by atoms with Crippen LogP contribution < -0.4 is 5.32 Å². The molecule has 1 unspecified atom stereocenters. The number of rotatable bonds is 2. The fraction of sp³-hybridized carbons (Fsp3) is 0.500. The van der Waals surface area contributed by atoms with Crippen molar-refractivity contribution < 1.29 is 17.7 Å². The van der Waals surface area contributed by atoms with Gasteiger partial charge in [-0.15, -0.1) is 0 Å². The highest BCUT2D eigenvalue weighted by molar-refractivity contribution is 7.85. The number of ether oxygens (including phenoxy) is 1. The highest BCUT2D eigenvalue weighted by Gasteiger charge is 2.10. The predicted octanol–water partition coefficient (Wildman–Crippen LogP) is 1.58. The third-order valence-corrected chi connectivity index (χ3v) is 3.49. The van der Waals surface area contributed by atoms with Crippen LogP contribution in [0.4, 0.5) is 0 Å². The van der Waals surface area contributed by atoms with E-state index in [4.69, 9.17) is 9.29 Å². The van der Waals surface area contributed by atoms with Crippen LogP contribution in [0.2, 0.25) is 0 Å². The summed E-state index contributed by atoms with van der Waals surface area (Å²) in [5.74, 6) is 0. The van der Waals surface area contributed by atoms with Crippen molar-refractivity contribution >= 4 is 10.1 Å². The molecule has 1 aliphatic heterocycles. The Kier molecular flexibility index (Phi) is 5.74. The summed E-state index contributed by atoms with van der Waals surface area (Å²) in [6.45, 7) is 2.96. The normalized spacial score (nSPS) is 19.2. The highest BCUT2D eigenvalue weighted by atomic mass is 32.2. The van der Waals surface area contributed by atoms with Crippen LogP contribution in [0.3, 0.4) is 0 Å². The number of nitrogens with one attached hydrogen (secondary N) is 1. The maximum absolute atomic E-state index is 10.5. The Morgan fingerprint density at radius 3 is 2.28 bits per heavy atom. The first-order chi connectivity index (χ1) is 8.43. The molecule has 0 radical (unpaired) electrons. The monoisotopic (exact) mass is 273 g/mol. The lowest BCUT2D eigenvalue weighted by Gasteiger charge is -2.04. The molecule has 1 fully saturated rings. The van der Waals surface area contributed by atoms with E-state index in [0.29, 0.717) is 6.23 Å². The van der Waals surface area contributed by atoms with E-state index in [9.17, 15) is 8.42 Å². The average Bonchev–Trinajstić information content (AvgIpc) is 2.82. The van der Waals surface area contributed by atoms with Gasteiger partial charge in [-0.1, -0.05) is 17.7 Å². The quantitative estimate of drug-likeness (QED) is 0.800. The van der Waals surface area contributed by atoms with Crippen molar-refractivity contribution in [3.8, 4) is 0 Å². The minimum atomic E-state index is -4.02. The van der Waals surface area contributed by atoms with E-state index in [0.717, 1.165) is 12.1 Å². The number of aryl methyl sites for hydroxylation is 1. The Balaban J connectivity index is 0.000000199. The van der Waals surface area contributed by atoms with E-state index in [1.165, 1.54) is 25.0 Å². The zero-order valence-corrected chi connectivity index (χ0v) is 11.4. The minimum Gasteiger partial charge on any atom is -0.367 e. The minimum absolute atomic E-state index is 0.0666. The molecule has 2 rings (SSSR count). The molecule has 2 N–H and O–H groups in total. The molecule has 1 aromatic rings. The van der Waals surface area contributed by atoms with Crippen LogP contribution in [-0.2, 0) is 14.9 Å². The second-order valence-corrected chi connectivity index (χ2v) is 5.53. The third kappa shape index (κ3) is 5.14. The van der Waals surface area contributed by atoms with Crippen molar-refractivity contribution in [3.05, 3.63) is 29.8 Å². The van der Waals surface area contributed by atoms with Gasteiger partial charge in [0.1, 0.15) is 6.23 Å². The van der Waals surface area contributed by atoms with Crippen LogP contribution in [0.25, 0.3) is 0 Å². The van der Waals surface area contributed by atoms with Crippen LogP contribution in [0.15, 0.2) is 29.2 Å². The fourth-order valence-electron chi connectivity index (χ4n) is 1.56. The van der Waals surface area contributed by atoms with E-state index < -0.39 is 10.1 Å². The summed E-state index contributed by atoms with van der Waals surface area (Å²) in [5.41, 5.74) is 0.956. The van der Waals surface area contributed by atoms with Gasteiger partial charge in [-0.3, -0.25) is 9.87 Å². The van der Waals surface area contributed by atoms with Crippen molar-refractivity contribution in [3.63, 3.8) is 0 Å². The van der Waals surface area contributed by atoms with Crippen LogP contribution in [0, 0.1) is 6.92 Å². The zero-order chi connectivity index (χ0) is 13.6. The van der Waals surface area contributed by atoms with Gasteiger partial charge in [0.25, 0.3) is 10.1 Å². The summed E-state index contributed by atoms with van der Waals surface area (Å²) in [6.07, 6.45) is 2.79. The fourth-order valence-corrected chi connectivity index (χ4v) is 2.04. The Morgan fingerprint density at radius 1 is 1.33 bits per heavy atom. The Morgan fingerprint density at radius 2 is 1.94 bits per heavy atom. The molecule has 1 atom stereocenters. The van der Waals surface area contributed by atoms with Gasteiger partial charge in [0.15, 0.2) is 0 Å². The first-order valence-electron chi connectivity index (χ1n) is 5.74. The molecule has 18 heavy (non-hydrogen) atoms. The van der Waals surface area contributed by atoms with Crippen LogP contribution >= 0.6 is 0 Å². The molecule has 1 aliphatic rings. The van der Waals surface area contributed by atoms with E-state index in [-0.39, 0.29) is 4.90 Å². The lowest BCUT2D eigenvalue weighted by atomic mass is 10.2. The van der Waals surface area contributed by atoms with Gasteiger partial charge >= 0.3 is 0 Å². The summed E-state index contributed by atoms with van der Waals surface area (Å²) in [7, 11) is -2.28. The van der Waals surface area contributed by atoms with Crippen LogP contribution in [0.1, 0.15) is 18.4 Å². The molecule has 1 saturated heterocycles. The maximum Gasteiger partial charge on any atom is 0.294 e.